The van der Waals surface area contributed by atoms with Crippen LogP contribution in [0, 0.1) is 0 Å². The third kappa shape index (κ3) is 1.57. The summed E-state index contributed by atoms with van der Waals surface area (Å²) < 4.78 is 21.9. The van der Waals surface area contributed by atoms with Crippen LogP contribution in [0.4, 0.5) is 0 Å². The van der Waals surface area contributed by atoms with Crippen LogP contribution in [0.2, 0.25) is 0 Å². The monoisotopic (exact) mass is 241 g/mol. The molecule has 0 unspecified atom stereocenters. The molecule has 1 heterocycles. The van der Waals surface area contributed by atoms with E-state index in [0.717, 1.165) is 0 Å². The smallest absolute Gasteiger partial charge is 0.225 e. The largest absolute Gasteiger partial charge is 0.240 e. The lowest BCUT2D eigenvalue weighted by Gasteiger charge is -1.90. The Labute approximate surface area is 71.0 Å². The summed E-state index contributed by atoms with van der Waals surface area (Å²) in [5.41, 5.74) is 0. The van der Waals surface area contributed by atoms with Gasteiger partial charge in [-0.25, -0.2) is 13.6 Å². The first-order chi connectivity index (χ1) is 4.52. The summed E-state index contributed by atoms with van der Waals surface area (Å²) in [4.78, 5) is 0.150. The van der Waals surface area contributed by atoms with Crippen molar-refractivity contribution in [1.29, 1.82) is 0 Å². The quantitative estimate of drug-likeness (QED) is 0.803. The Kier molecular flexibility index (Phi) is 2.14. The highest BCUT2D eigenvalue weighted by atomic mass is 79.9. The second-order valence-corrected chi connectivity index (χ2v) is 5.37. The van der Waals surface area contributed by atoms with Crippen molar-refractivity contribution in [3.63, 3.8) is 0 Å². The minimum absolute atomic E-state index is 0.150. The van der Waals surface area contributed by atoms with Gasteiger partial charge in [0.1, 0.15) is 4.90 Å². The van der Waals surface area contributed by atoms with Crippen LogP contribution < -0.4 is 5.14 Å². The van der Waals surface area contributed by atoms with E-state index >= 15 is 0 Å². The van der Waals surface area contributed by atoms with E-state index < -0.39 is 10.0 Å². The molecule has 0 spiro atoms. The molecule has 3 nitrogen and oxygen atoms in total. The van der Waals surface area contributed by atoms with E-state index in [1.807, 2.05) is 0 Å². The molecule has 0 radical (unpaired) electrons. The molecule has 56 valence electrons. The Morgan fingerprint density at radius 1 is 1.60 bits per heavy atom. The van der Waals surface area contributed by atoms with E-state index in [1.54, 1.807) is 5.38 Å². The second-order valence-electron chi connectivity index (χ2n) is 1.60. The second kappa shape index (κ2) is 2.61. The van der Waals surface area contributed by atoms with Crippen LogP contribution >= 0.6 is 27.3 Å². The van der Waals surface area contributed by atoms with Gasteiger partial charge in [0.05, 0.1) is 3.79 Å². The van der Waals surface area contributed by atoms with Gasteiger partial charge in [0.2, 0.25) is 10.0 Å². The number of nitrogens with two attached hydrogens (primary N) is 1. The Hall–Kier alpha value is 0.0900. The molecule has 0 saturated heterocycles. The van der Waals surface area contributed by atoms with E-state index in [2.05, 4.69) is 15.9 Å². The molecule has 6 heteroatoms. The molecule has 0 saturated carbocycles. The number of rotatable bonds is 1. The summed E-state index contributed by atoms with van der Waals surface area (Å²) in [6, 6.07) is 1.46. The highest BCUT2D eigenvalue weighted by Crippen LogP contribution is 2.26. The maximum Gasteiger partial charge on any atom is 0.240 e. The lowest BCUT2D eigenvalue weighted by molar-refractivity contribution is 0.598. The van der Waals surface area contributed by atoms with Gasteiger partial charge in [-0.05, 0) is 27.4 Å². The van der Waals surface area contributed by atoms with Gasteiger partial charge in [-0.2, -0.15) is 0 Å². The normalized spacial score (nSPS) is 11.8. The fourth-order valence-corrected chi connectivity index (χ4v) is 3.19. The average molecular weight is 242 g/mol. The van der Waals surface area contributed by atoms with Crippen LogP contribution in [-0.4, -0.2) is 8.42 Å². The van der Waals surface area contributed by atoms with Gasteiger partial charge in [-0.3, -0.25) is 0 Å². The topological polar surface area (TPSA) is 60.2 Å². The van der Waals surface area contributed by atoms with E-state index in [1.165, 1.54) is 17.4 Å². The molecule has 0 amide bonds. The molecule has 1 rings (SSSR count). The van der Waals surface area contributed by atoms with Crippen LogP contribution in [0.15, 0.2) is 20.1 Å². The number of sulfonamides is 1. The Balaban J connectivity index is 3.32. The molecule has 0 fully saturated rings. The van der Waals surface area contributed by atoms with E-state index in [0.29, 0.717) is 3.79 Å². The summed E-state index contributed by atoms with van der Waals surface area (Å²) in [5, 5.41) is 6.51. The first-order valence-corrected chi connectivity index (χ1v) is 5.49. The van der Waals surface area contributed by atoms with Crippen molar-refractivity contribution in [1.82, 2.24) is 0 Å². The Morgan fingerprint density at radius 3 is 2.40 bits per heavy atom. The zero-order chi connectivity index (χ0) is 7.78. The molecule has 0 bridgehead atoms. The van der Waals surface area contributed by atoms with Crippen LogP contribution in [-0.2, 0) is 10.0 Å². The molecular weight excluding hydrogens is 238 g/mol. The average Bonchev–Trinajstić information content (AvgIpc) is 2.11. The minimum atomic E-state index is -3.53. The summed E-state index contributed by atoms with van der Waals surface area (Å²) in [5.74, 6) is 0. The molecule has 0 atom stereocenters. The Bertz CT molecular complexity index is 329. The molecule has 0 aliphatic heterocycles. The van der Waals surface area contributed by atoms with Crippen LogP contribution in [0.1, 0.15) is 0 Å². The van der Waals surface area contributed by atoms with Crippen LogP contribution in [0.3, 0.4) is 0 Å². The van der Waals surface area contributed by atoms with E-state index in [-0.39, 0.29) is 4.90 Å². The van der Waals surface area contributed by atoms with Crippen molar-refractivity contribution in [2.75, 3.05) is 0 Å². The highest BCUT2D eigenvalue weighted by molar-refractivity contribution is 9.11. The molecule has 1 aromatic heterocycles. The molecule has 0 aliphatic rings. The number of hydrogen-bond donors (Lipinski definition) is 1. The first-order valence-electron chi connectivity index (χ1n) is 2.27. The molecule has 0 aliphatic carbocycles. The molecular formula is C4H4BrNO2S2. The summed E-state index contributed by atoms with van der Waals surface area (Å²) in [7, 11) is -3.53. The van der Waals surface area contributed by atoms with Crippen molar-refractivity contribution in [3.8, 4) is 0 Å². The van der Waals surface area contributed by atoms with Crippen LogP contribution in [0.25, 0.3) is 0 Å². The first kappa shape index (κ1) is 8.19. The molecule has 2 N–H and O–H groups in total. The van der Waals surface area contributed by atoms with Gasteiger partial charge >= 0.3 is 0 Å². The van der Waals surface area contributed by atoms with Gasteiger partial charge < -0.3 is 0 Å². The fraction of sp³-hybridized carbons (Fsp3) is 0. The van der Waals surface area contributed by atoms with Crippen molar-refractivity contribution in [2.24, 2.45) is 5.14 Å². The van der Waals surface area contributed by atoms with Gasteiger partial charge in [0, 0.05) is 0 Å². The SMILES string of the molecule is NS(=O)(=O)c1ccsc1Br. The number of hydrogen-bond acceptors (Lipinski definition) is 3. The van der Waals surface area contributed by atoms with Gasteiger partial charge in [-0.15, -0.1) is 11.3 Å². The third-order valence-corrected chi connectivity index (χ3v) is 3.92. The number of primary sulfonamides is 1. The Morgan fingerprint density at radius 2 is 2.20 bits per heavy atom. The van der Waals surface area contributed by atoms with E-state index in [4.69, 9.17) is 5.14 Å². The fourth-order valence-electron chi connectivity index (χ4n) is 0.486. The van der Waals surface area contributed by atoms with E-state index in [9.17, 15) is 8.42 Å². The minimum Gasteiger partial charge on any atom is -0.225 e. The zero-order valence-electron chi connectivity index (χ0n) is 4.74. The molecule has 10 heavy (non-hydrogen) atoms. The summed E-state index contributed by atoms with van der Waals surface area (Å²) >= 11 is 4.35. The maximum atomic E-state index is 10.7. The van der Waals surface area contributed by atoms with Gasteiger partial charge in [-0.1, -0.05) is 0 Å². The van der Waals surface area contributed by atoms with Crippen molar-refractivity contribution >= 4 is 37.3 Å². The van der Waals surface area contributed by atoms with Crippen molar-refractivity contribution in [2.45, 2.75) is 4.90 Å². The summed E-state index contributed by atoms with van der Waals surface area (Å²) in [6.45, 7) is 0. The standard InChI is InChI=1S/C4H4BrNO2S2/c5-4-3(1-2-9-4)10(6,7)8/h1-2H,(H2,6,7,8). The van der Waals surface area contributed by atoms with Crippen molar-refractivity contribution < 1.29 is 8.42 Å². The predicted molar refractivity (Wildman–Crippen MR) is 43.4 cm³/mol. The molecule has 0 aromatic carbocycles. The van der Waals surface area contributed by atoms with Gasteiger partial charge in [0.25, 0.3) is 0 Å². The third-order valence-electron chi connectivity index (χ3n) is 0.891. The predicted octanol–water partition coefficient (Wildman–Crippen LogP) is 1.16. The van der Waals surface area contributed by atoms with Gasteiger partial charge in [0.15, 0.2) is 0 Å². The lowest BCUT2D eigenvalue weighted by atomic mass is 10.7. The highest BCUT2D eigenvalue weighted by Gasteiger charge is 2.12. The number of thiophene rings is 1. The lowest BCUT2D eigenvalue weighted by Crippen LogP contribution is -2.11. The zero-order valence-corrected chi connectivity index (χ0v) is 7.96. The van der Waals surface area contributed by atoms with Crippen molar-refractivity contribution in [3.05, 3.63) is 15.2 Å². The van der Waals surface area contributed by atoms with Crippen LogP contribution in [0.5, 0.6) is 0 Å². The number of halogens is 1. The maximum absolute atomic E-state index is 10.7. The molecule has 1 aromatic rings. The summed E-state index contributed by atoms with van der Waals surface area (Å²) in [6.07, 6.45) is 0.